The van der Waals surface area contributed by atoms with Gasteiger partial charge in [0.2, 0.25) is 5.91 Å². The Balaban J connectivity index is 1.33. The third-order valence-electron chi connectivity index (χ3n) is 7.73. The van der Waals surface area contributed by atoms with Gasteiger partial charge >= 0.3 is 11.9 Å². The average Bonchev–Trinajstić information content (AvgIpc) is 3.34. The Morgan fingerprint density at radius 2 is 1.58 bits per heavy atom. The van der Waals surface area contributed by atoms with E-state index in [1.807, 2.05) is 91.0 Å². The van der Waals surface area contributed by atoms with Crippen molar-refractivity contribution in [1.82, 2.24) is 10.2 Å². The van der Waals surface area contributed by atoms with Crippen LogP contribution in [0.15, 0.2) is 125 Å². The van der Waals surface area contributed by atoms with Crippen LogP contribution in [0.1, 0.15) is 29.7 Å². The van der Waals surface area contributed by atoms with Crippen molar-refractivity contribution in [2.45, 2.75) is 30.9 Å². The van der Waals surface area contributed by atoms with E-state index in [-0.39, 0.29) is 35.3 Å². The molecule has 0 aliphatic carbocycles. The minimum Gasteiger partial charge on any atom is -0.492 e. The third kappa shape index (κ3) is 6.01. The van der Waals surface area contributed by atoms with Gasteiger partial charge in [-0.15, -0.1) is 11.8 Å². The highest BCUT2D eigenvalue weighted by molar-refractivity contribution is 8.00. The van der Waals surface area contributed by atoms with Crippen LogP contribution < -0.4 is 5.32 Å². The monoisotopic (exact) mass is 622 g/mol. The van der Waals surface area contributed by atoms with Gasteiger partial charge in [-0.1, -0.05) is 91.0 Å². The molecule has 1 N–H and O–H groups in total. The van der Waals surface area contributed by atoms with Crippen LogP contribution in [0, 0.1) is 0 Å². The number of rotatable bonds is 9. The Kier molecular flexibility index (Phi) is 8.57. The number of carbonyl (C=O) groups is 4. The Bertz CT molecular complexity index is 1700. The minimum atomic E-state index is -0.816. The highest BCUT2D eigenvalue weighted by Crippen LogP contribution is 2.43. The molecule has 2 atom stereocenters. The van der Waals surface area contributed by atoms with E-state index in [0.29, 0.717) is 11.1 Å². The van der Waals surface area contributed by atoms with Gasteiger partial charge in [-0.25, -0.2) is 9.59 Å². The number of β-lactam (4-membered cyclic amide) rings is 1. The molecule has 3 aliphatic heterocycles. The summed E-state index contributed by atoms with van der Waals surface area (Å²) in [5.74, 6) is -1.34. The summed E-state index contributed by atoms with van der Waals surface area (Å²) in [7, 11) is 1.43. The van der Waals surface area contributed by atoms with Crippen LogP contribution in [-0.2, 0) is 39.8 Å². The predicted molar refractivity (Wildman–Crippen MR) is 167 cm³/mol. The Hall–Kier alpha value is -5.09. The molecule has 45 heavy (non-hydrogen) atoms. The Labute approximate surface area is 264 Å². The van der Waals surface area contributed by atoms with E-state index in [1.54, 1.807) is 13.0 Å². The van der Waals surface area contributed by atoms with E-state index in [1.165, 1.54) is 23.8 Å². The second kappa shape index (κ2) is 12.9. The van der Waals surface area contributed by atoms with Gasteiger partial charge in [0.25, 0.3) is 5.91 Å². The third-order valence-corrected chi connectivity index (χ3v) is 9.03. The molecule has 2 amide bonds. The number of carbonyl (C=O) groups excluding carboxylic acids is 4. The summed E-state index contributed by atoms with van der Waals surface area (Å²) in [5.41, 5.74) is 3.08. The van der Waals surface area contributed by atoms with Gasteiger partial charge < -0.3 is 19.5 Å². The summed E-state index contributed by atoms with van der Waals surface area (Å²) in [6.45, 7) is 1.59. The van der Waals surface area contributed by atoms with E-state index in [4.69, 9.17) is 14.2 Å². The number of amides is 2. The van der Waals surface area contributed by atoms with Gasteiger partial charge in [0.05, 0.1) is 19.1 Å². The first-order valence-electron chi connectivity index (χ1n) is 14.4. The lowest BCUT2D eigenvalue weighted by molar-refractivity contribution is -0.154. The fourth-order valence-electron chi connectivity index (χ4n) is 5.50. The number of esters is 2. The van der Waals surface area contributed by atoms with Gasteiger partial charge in [0.1, 0.15) is 17.1 Å². The van der Waals surface area contributed by atoms with Gasteiger partial charge in [-0.3, -0.25) is 14.5 Å². The first-order chi connectivity index (χ1) is 21.9. The summed E-state index contributed by atoms with van der Waals surface area (Å²) >= 11 is 1.39. The van der Waals surface area contributed by atoms with Crippen molar-refractivity contribution in [3.8, 4) is 0 Å². The number of cyclic esters (lactones) is 1. The molecule has 3 aromatic rings. The molecule has 3 aliphatic rings. The number of fused-ring (bicyclic) bond motifs is 1. The fourth-order valence-corrected chi connectivity index (χ4v) is 6.81. The summed E-state index contributed by atoms with van der Waals surface area (Å²) in [4.78, 5) is 54.4. The van der Waals surface area contributed by atoms with Crippen molar-refractivity contribution in [3.05, 3.63) is 142 Å². The maximum Gasteiger partial charge on any atom is 0.356 e. The van der Waals surface area contributed by atoms with Gasteiger partial charge in [-0.2, -0.15) is 0 Å². The zero-order valence-corrected chi connectivity index (χ0v) is 25.4. The zero-order chi connectivity index (χ0) is 31.5. The molecule has 0 bridgehead atoms. The quantitative estimate of drug-likeness (QED) is 0.273. The van der Waals surface area contributed by atoms with Crippen molar-refractivity contribution < 1.29 is 33.4 Å². The largest absolute Gasteiger partial charge is 0.492 e. The lowest BCUT2D eigenvalue weighted by Crippen LogP contribution is -2.70. The zero-order valence-electron chi connectivity index (χ0n) is 24.6. The summed E-state index contributed by atoms with van der Waals surface area (Å²) < 4.78 is 17.0. The van der Waals surface area contributed by atoms with E-state index in [2.05, 4.69) is 5.32 Å². The van der Waals surface area contributed by atoms with Crippen LogP contribution in [0.2, 0.25) is 0 Å². The van der Waals surface area contributed by atoms with E-state index in [9.17, 15) is 19.2 Å². The lowest BCUT2D eigenvalue weighted by Gasteiger charge is -2.49. The standard InChI is InChI=1S/C35H30N2O7S/c1-21-30(42-2)26(43-34(21)40)19-25-20-45-33-28(36-27(38)18-22-12-6-3-7-13-22)32(39)37(33)29(25)35(41)44-31(23-14-8-4-9-15-23)24-16-10-5-11-17-24/h3-17,19,28,31,33H,18,20H2,1-2H3,(H,36,38)/b26-19-/t28-,33-/m1/s1. The molecule has 0 saturated carbocycles. The fraction of sp³-hybridized carbons (Fsp3) is 0.200. The number of methoxy groups -OCH3 is 1. The van der Waals surface area contributed by atoms with Crippen LogP contribution in [0.3, 0.4) is 0 Å². The molecule has 0 spiro atoms. The van der Waals surface area contributed by atoms with Gasteiger partial charge in [0, 0.05) is 5.75 Å². The average molecular weight is 623 g/mol. The predicted octanol–water partition coefficient (Wildman–Crippen LogP) is 4.58. The molecule has 3 heterocycles. The molecule has 10 heteroatoms. The lowest BCUT2D eigenvalue weighted by atomic mass is 10.00. The molecular formula is C35H30N2O7S. The molecule has 0 unspecified atom stereocenters. The van der Waals surface area contributed by atoms with Crippen LogP contribution in [0.25, 0.3) is 0 Å². The highest BCUT2D eigenvalue weighted by atomic mass is 32.2. The molecule has 9 nitrogen and oxygen atoms in total. The number of ether oxygens (including phenoxy) is 3. The van der Waals surface area contributed by atoms with Crippen LogP contribution >= 0.6 is 11.8 Å². The molecular weight excluding hydrogens is 592 g/mol. The van der Waals surface area contributed by atoms with Crippen molar-refractivity contribution in [2.24, 2.45) is 0 Å². The van der Waals surface area contributed by atoms with E-state index in [0.717, 1.165) is 16.7 Å². The summed E-state index contributed by atoms with van der Waals surface area (Å²) in [6.07, 6.45) is 0.909. The van der Waals surface area contributed by atoms with Crippen molar-refractivity contribution >= 4 is 35.5 Å². The SMILES string of the molecule is COC1=C(C)C(=O)O/C1=C\C1=C(C(=O)OC(c2ccccc2)c2ccccc2)N2C(=O)[C@@H](NC(=O)Cc3ccccc3)[C@H]2SC1. The second-order valence-corrected chi connectivity index (χ2v) is 11.8. The van der Waals surface area contributed by atoms with Gasteiger partial charge in [-0.05, 0) is 35.3 Å². The van der Waals surface area contributed by atoms with Crippen LogP contribution in [-0.4, -0.2) is 52.9 Å². The number of nitrogens with zero attached hydrogens (tertiary/aromatic N) is 1. The maximum absolute atomic E-state index is 14.2. The molecule has 3 aromatic carbocycles. The number of hydrogen-bond donors (Lipinski definition) is 1. The van der Waals surface area contributed by atoms with Crippen molar-refractivity contribution in [3.63, 3.8) is 0 Å². The number of nitrogens with one attached hydrogen (secondary N) is 1. The van der Waals surface area contributed by atoms with Crippen molar-refractivity contribution in [1.29, 1.82) is 0 Å². The van der Waals surface area contributed by atoms with Crippen molar-refractivity contribution in [2.75, 3.05) is 12.9 Å². The highest BCUT2D eigenvalue weighted by Gasteiger charge is 2.54. The number of hydrogen-bond acceptors (Lipinski definition) is 8. The minimum absolute atomic E-state index is 0.0257. The van der Waals surface area contributed by atoms with Gasteiger partial charge in [0.15, 0.2) is 17.6 Å². The number of thioether (sulfide) groups is 1. The van der Waals surface area contributed by atoms with E-state index < -0.39 is 35.4 Å². The molecule has 0 radical (unpaired) electrons. The first kappa shape index (κ1) is 30.0. The first-order valence-corrected chi connectivity index (χ1v) is 15.4. The Morgan fingerprint density at radius 3 is 2.18 bits per heavy atom. The van der Waals surface area contributed by atoms with Crippen LogP contribution in [0.4, 0.5) is 0 Å². The molecule has 1 saturated heterocycles. The summed E-state index contributed by atoms with van der Waals surface area (Å²) in [5, 5.41) is 2.32. The maximum atomic E-state index is 14.2. The molecule has 0 aromatic heterocycles. The molecule has 1 fully saturated rings. The topological polar surface area (TPSA) is 111 Å². The summed E-state index contributed by atoms with van der Waals surface area (Å²) in [6, 6.07) is 27.1. The van der Waals surface area contributed by atoms with Crippen LogP contribution in [0.5, 0.6) is 0 Å². The smallest absolute Gasteiger partial charge is 0.356 e. The number of benzene rings is 3. The number of allylic oxidation sites excluding steroid dienone is 1. The normalized spacial score (nSPS) is 20.2. The Morgan fingerprint density at radius 1 is 0.978 bits per heavy atom. The second-order valence-electron chi connectivity index (χ2n) is 10.7. The molecule has 228 valence electrons. The molecule has 6 rings (SSSR count). The van der Waals surface area contributed by atoms with E-state index >= 15 is 0 Å².